The van der Waals surface area contributed by atoms with Crippen molar-refractivity contribution in [3.8, 4) is 16.5 Å². The number of pyridine rings is 1. The third-order valence-electron chi connectivity index (χ3n) is 3.09. The second-order valence-corrected chi connectivity index (χ2v) is 6.02. The SMILES string of the molecule is COc1ccc2nc(-c3ccc(NCCS)c(F)n3)sc2c1. The molecule has 0 spiro atoms. The predicted octanol–water partition coefficient (Wildman–Crippen LogP) is 3.85. The van der Waals surface area contributed by atoms with Gasteiger partial charge in [0, 0.05) is 12.3 Å². The number of methoxy groups -OCH3 is 1. The number of aromatic nitrogens is 2. The molecule has 0 fully saturated rings. The lowest BCUT2D eigenvalue weighted by molar-refractivity contribution is 0.415. The standard InChI is InChI=1S/C15H14FN3OS2/c1-20-9-2-3-10-13(8-9)22-15(19-10)12-5-4-11(14(16)18-12)17-6-7-21/h2-5,8,17,21H,6-7H2,1H3. The molecule has 0 aliphatic heterocycles. The molecule has 2 heterocycles. The Morgan fingerprint density at radius 2 is 2.14 bits per heavy atom. The van der Waals surface area contributed by atoms with Crippen LogP contribution in [0.1, 0.15) is 0 Å². The van der Waals surface area contributed by atoms with Gasteiger partial charge in [0.15, 0.2) is 0 Å². The molecule has 0 aliphatic rings. The third kappa shape index (κ3) is 3.00. The van der Waals surface area contributed by atoms with Crippen molar-refractivity contribution in [1.29, 1.82) is 0 Å². The van der Waals surface area contributed by atoms with Crippen LogP contribution in [0.15, 0.2) is 30.3 Å². The topological polar surface area (TPSA) is 47.0 Å². The summed E-state index contributed by atoms with van der Waals surface area (Å²) >= 11 is 5.54. The Kier molecular flexibility index (Phi) is 4.44. The highest BCUT2D eigenvalue weighted by molar-refractivity contribution is 7.80. The number of nitrogens with one attached hydrogen (secondary N) is 1. The van der Waals surface area contributed by atoms with Crippen LogP contribution in [-0.2, 0) is 0 Å². The van der Waals surface area contributed by atoms with Gasteiger partial charge in [0.25, 0.3) is 0 Å². The van der Waals surface area contributed by atoms with Crippen LogP contribution in [0.2, 0.25) is 0 Å². The van der Waals surface area contributed by atoms with Gasteiger partial charge >= 0.3 is 0 Å². The van der Waals surface area contributed by atoms with Crippen LogP contribution in [0.25, 0.3) is 20.9 Å². The van der Waals surface area contributed by atoms with E-state index in [1.54, 1.807) is 19.2 Å². The predicted molar refractivity (Wildman–Crippen MR) is 91.7 cm³/mol. The summed E-state index contributed by atoms with van der Waals surface area (Å²) in [6, 6.07) is 9.08. The number of thiol groups is 1. The van der Waals surface area contributed by atoms with Gasteiger partial charge in [0.1, 0.15) is 16.5 Å². The zero-order valence-corrected chi connectivity index (χ0v) is 13.5. The van der Waals surface area contributed by atoms with E-state index in [0.717, 1.165) is 16.0 Å². The van der Waals surface area contributed by atoms with Crippen molar-refractivity contribution in [3.05, 3.63) is 36.3 Å². The van der Waals surface area contributed by atoms with Gasteiger partial charge in [-0.1, -0.05) is 0 Å². The molecule has 0 saturated heterocycles. The first kappa shape index (κ1) is 15.1. The molecule has 3 aromatic rings. The largest absolute Gasteiger partial charge is 0.497 e. The van der Waals surface area contributed by atoms with Crippen LogP contribution in [0.4, 0.5) is 10.1 Å². The summed E-state index contributed by atoms with van der Waals surface area (Å²) in [5, 5.41) is 3.62. The normalized spacial score (nSPS) is 10.9. The number of benzene rings is 1. The van der Waals surface area contributed by atoms with E-state index >= 15 is 0 Å². The first-order valence-electron chi connectivity index (χ1n) is 6.67. The molecular weight excluding hydrogens is 321 g/mol. The van der Waals surface area contributed by atoms with Gasteiger partial charge < -0.3 is 10.1 Å². The van der Waals surface area contributed by atoms with Crippen LogP contribution in [0.5, 0.6) is 5.75 Å². The highest BCUT2D eigenvalue weighted by atomic mass is 32.1. The van der Waals surface area contributed by atoms with Crippen LogP contribution in [0.3, 0.4) is 0 Å². The van der Waals surface area contributed by atoms with E-state index in [0.29, 0.717) is 28.7 Å². The first-order valence-corrected chi connectivity index (χ1v) is 8.12. The molecule has 0 radical (unpaired) electrons. The smallest absolute Gasteiger partial charge is 0.236 e. The molecule has 22 heavy (non-hydrogen) atoms. The number of thiazole rings is 1. The first-order chi connectivity index (χ1) is 10.7. The van der Waals surface area contributed by atoms with Crippen molar-refractivity contribution < 1.29 is 9.13 Å². The quantitative estimate of drug-likeness (QED) is 0.549. The van der Waals surface area contributed by atoms with Gasteiger partial charge in [-0.05, 0) is 30.3 Å². The van der Waals surface area contributed by atoms with Crippen LogP contribution in [0, 0.1) is 5.95 Å². The van der Waals surface area contributed by atoms with E-state index in [-0.39, 0.29) is 0 Å². The average Bonchev–Trinajstić information content (AvgIpc) is 2.96. The van der Waals surface area contributed by atoms with Crippen molar-refractivity contribution in [3.63, 3.8) is 0 Å². The van der Waals surface area contributed by atoms with Gasteiger partial charge in [-0.3, -0.25) is 0 Å². The highest BCUT2D eigenvalue weighted by Crippen LogP contribution is 2.32. The molecular formula is C15H14FN3OS2. The maximum absolute atomic E-state index is 14.0. The number of anilines is 1. The molecule has 0 aliphatic carbocycles. The summed E-state index contributed by atoms with van der Waals surface area (Å²) in [5.74, 6) is 0.866. The molecule has 3 rings (SSSR count). The van der Waals surface area contributed by atoms with Crippen molar-refractivity contribution in [2.24, 2.45) is 0 Å². The monoisotopic (exact) mass is 335 g/mol. The summed E-state index contributed by atoms with van der Waals surface area (Å²) < 4.78 is 20.2. The van der Waals surface area contributed by atoms with E-state index < -0.39 is 5.95 Å². The van der Waals surface area contributed by atoms with Gasteiger partial charge in [-0.2, -0.15) is 17.0 Å². The molecule has 1 aromatic carbocycles. The summed E-state index contributed by atoms with van der Waals surface area (Å²) in [7, 11) is 1.62. The van der Waals surface area contributed by atoms with Crippen LogP contribution < -0.4 is 10.1 Å². The fourth-order valence-electron chi connectivity index (χ4n) is 2.02. The van der Waals surface area contributed by atoms with Gasteiger partial charge in [-0.15, -0.1) is 11.3 Å². The van der Waals surface area contributed by atoms with Gasteiger partial charge in [-0.25, -0.2) is 9.97 Å². The molecule has 7 heteroatoms. The Hall–Kier alpha value is -1.86. The van der Waals surface area contributed by atoms with Crippen molar-refractivity contribution in [2.45, 2.75) is 0 Å². The number of fused-ring (bicyclic) bond motifs is 1. The van der Waals surface area contributed by atoms with E-state index in [4.69, 9.17) is 4.74 Å². The lowest BCUT2D eigenvalue weighted by Gasteiger charge is -2.05. The van der Waals surface area contributed by atoms with Crippen molar-refractivity contribution in [1.82, 2.24) is 9.97 Å². The number of hydrogen-bond donors (Lipinski definition) is 2. The van der Waals surface area contributed by atoms with E-state index in [2.05, 4.69) is 27.9 Å². The number of rotatable bonds is 5. The van der Waals surface area contributed by atoms with Crippen molar-refractivity contribution >= 4 is 39.9 Å². The minimum atomic E-state index is -0.531. The number of ether oxygens (including phenoxy) is 1. The average molecular weight is 335 g/mol. The van der Waals surface area contributed by atoms with E-state index in [1.165, 1.54) is 11.3 Å². The Bertz CT molecular complexity index is 807. The molecule has 2 aromatic heterocycles. The second kappa shape index (κ2) is 6.50. The minimum Gasteiger partial charge on any atom is -0.497 e. The fourth-order valence-corrected chi connectivity index (χ4v) is 3.09. The molecule has 0 saturated carbocycles. The third-order valence-corrected chi connectivity index (χ3v) is 4.35. The second-order valence-electron chi connectivity index (χ2n) is 4.54. The lowest BCUT2D eigenvalue weighted by atomic mass is 10.3. The maximum atomic E-state index is 14.0. The maximum Gasteiger partial charge on any atom is 0.236 e. The zero-order chi connectivity index (χ0) is 15.5. The Morgan fingerprint density at radius 3 is 2.86 bits per heavy atom. The van der Waals surface area contributed by atoms with Crippen molar-refractivity contribution in [2.75, 3.05) is 24.7 Å². The lowest BCUT2D eigenvalue weighted by Crippen LogP contribution is -2.05. The molecule has 0 atom stereocenters. The molecule has 0 bridgehead atoms. The van der Waals surface area contributed by atoms with Gasteiger partial charge in [0.2, 0.25) is 5.95 Å². The molecule has 4 nitrogen and oxygen atoms in total. The highest BCUT2D eigenvalue weighted by Gasteiger charge is 2.11. The summed E-state index contributed by atoms with van der Waals surface area (Å²) in [4.78, 5) is 8.49. The molecule has 1 N–H and O–H groups in total. The Morgan fingerprint density at radius 1 is 1.27 bits per heavy atom. The number of halogens is 1. The number of nitrogens with zero attached hydrogens (tertiary/aromatic N) is 2. The van der Waals surface area contributed by atoms with Crippen LogP contribution >= 0.6 is 24.0 Å². The summed E-state index contributed by atoms with van der Waals surface area (Å²) in [6.45, 7) is 0.585. The Balaban J connectivity index is 1.95. The van der Waals surface area contributed by atoms with Crippen LogP contribution in [-0.4, -0.2) is 29.4 Å². The molecule has 0 amide bonds. The van der Waals surface area contributed by atoms with E-state index in [9.17, 15) is 4.39 Å². The molecule has 114 valence electrons. The fraction of sp³-hybridized carbons (Fsp3) is 0.200. The van der Waals surface area contributed by atoms with E-state index in [1.807, 2.05) is 18.2 Å². The zero-order valence-electron chi connectivity index (χ0n) is 11.8. The molecule has 0 unspecified atom stereocenters. The minimum absolute atomic E-state index is 0.376. The summed E-state index contributed by atoms with van der Waals surface area (Å²) in [5.41, 5.74) is 1.75. The number of hydrogen-bond acceptors (Lipinski definition) is 6. The van der Waals surface area contributed by atoms with Gasteiger partial charge in [0.05, 0.1) is 23.0 Å². The summed E-state index contributed by atoms with van der Waals surface area (Å²) in [6.07, 6.45) is 0. The Labute approximate surface area is 136 Å².